The molecule has 1 heterocycles. The number of thiophene rings is 1. The van der Waals surface area contributed by atoms with Gasteiger partial charge < -0.3 is 5.32 Å². The van der Waals surface area contributed by atoms with E-state index in [4.69, 9.17) is 0 Å². The first kappa shape index (κ1) is 11.5. The molecule has 0 aliphatic rings. The second kappa shape index (κ2) is 4.76. The predicted molar refractivity (Wildman–Crippen MR) is 65.0 cm³/mol. The van der Waals surface area contributed by atoms with E-state index in [2.05, 4.69) is 38.7 Å². The second-order valence-electron chi connectivity index (χ2n) is 3.89. The number of aryl methyl sites for hydroxylation is 2. The van der Waals surface area contributed by atoms with Crippen molar-refractivity contribution in [1.29, 1.82) is 0 Å². The van der Waals surface area contributed by atoms with Crippen molar-refractivity contribution in [2.45, 2.75) is 33.2 Å². The van der Waals surface area contributed by atoms with E-state index in [0.29, 0.717) is 6.04 Å². The van der Waals surface area contributed by atoms with Crippen molar-refractivity contribution >= 4 is 11.3 Å². The monoisotopic (exact) mass is 209 g/mol. The Kier molecular flexibility index (Phi) is 3.90. The molecule has 1 rings (SSSR count). The van der Waals surface area contributed by atoms with Crippen molar-refractivity contribution in [1.82, 2.24) is 5.32 Å². The number of hydrogen-bond donors (Lipinski definition) is 1. The molecular formula is C12H19NS. The minimum Gasteiger partial charge on any atom is -0.312 e. The molecule has 0 bridgehead atoms. The van der Waals surface area contributed by atoms with E-state index < -0.39 is 0 Å². The van der Waals surface area contributed by atoms with Gasteiger partial charge in [-0.05, 0) is 45.9 Å². The summed E-state index contributed by atoms with van der Waals surface area (Å²) in [5.41, 5.74) is 2.63. The summed E-state index contributed by atoms with van der Waals surface area (Å²) >= 11 is 1.89. The molecule has 0 saturated heterocycles. The summed E-state index contributed by atoms with van der Waals surface area (Å²) in [4.78, 5) is 2.84. The minimum absolute atomic E-state index is 0.435. The molecular weight excluding hydrogens is 190 g/mol. The molecule has 14 heavy (non-hydrogen) atoms. The highest BCUT2D eigenvalue weighted by molar-refractivity contribution is 7.12. The number of hydrogen-bond acceptors (Lipinski definition) is 2. The Morgan fingerprint density at radius 1 is 1.57 bits per heavy atom. The van der Waals surface area contributed by atoms with Gasteiger partial charge in [0.15, 0.2) is 0 Å². The fourth-order valence-corrected chi connectivity index (χ4v) is 2.62. The summed E-state index contributed by atoms with van der Waals surface area (Å²) < 4.78 is 0. The SMILES string of the molecule is C=C(C)CC(NC)c1cc(C)c(C)s1. The fraction of sp³-hybridized carbons (Fsp3) is 0.500. The summed E-state index contributed by atoms with van der Waals surface area (Å²) in [6, 6.07) is 2.72. The Labute approximate surface area is 90.9 Å². The largest absolute Gasteiger partial charge is 0.312 e. The highest BCUT2D eigenvalue weighted by Crippen LogP contribution is 2.29. The van der Waals surface area contributed by atoms with Crippen molar-refractivity contribution in [3.05, 3.63) is 33.5 Å². The molecule has 1 aromatic heterocycles. The van der Waals surface area contributed by atoms with E-state index >= 15 is 0 Å². The van der Waals surface area contributed by atoms with Crippen LogP contribution in [0.2, 0.25) is 0 Å². The van der Waals surface area contributed by atoms with Gasteiger partial charge >= 0.3 is 0 Å². The molecule has 1 N–H and O–H groups in total. The van der Waals surface area contributed by atoms with Crippen LogP contribution in [0.15, 0.2) is 18.2 Å². The van der Waals surface area contributed by atoms with Crippen LogP contribution < -0.4 is 5.32 Å². The minimum atomic E-state index is 0.435. The molecule has 0 amide bonds. The molecule has 1 aromatic rings. The number of rotatable bonds is 4. The topological polar surface area (TPSA) is 12.0 Å². The summed E-state index contributed by atoms with van der Waals surface area (Å²) in [5.74, 6) is 0. The Bertz CT molecular complexity index is 306. The zero-order valence-electron chi connectivity index (χ0n) is 9.48. The molecule has 0 saturated carbocycles. The van der Waals surface area contributed by atoms with E-state index in [0.717, 1.165) is 6.42 Å². The van der Waals surface area contributed by atoms with E-state index in [1.807, 2.05) is 18.4 Å². The standard InChI is InChI=1S/C12H19NS/c1-8(2)6-11(13-5)12-7-9(3)10(4)14-12/h7,11,13H,1,6H2,2-5H3. The van der Waals surface area contributed by atoms with Crippen molar-refractivity contribution in [3.8, 4) is 0 Å². The van der Waals surface area contributed by atoms with Crippen molar-refractivity contribution in [2.24, 2.45) is 0 Å². The van der Waals surface area contributed by atoms with Crippen molar-refractivity contribution in [3.63, 3.8) is 0 Å². The van der Waals surface area contributed by atoms with Gasteiger partial charge in [-0.3, -0.25) is 0 Å². The number of nitrogens with one attached hydrogen (secondary N) is 1. The van der Waals surface area contributed by atoms with Gasteiger partial charge in [-0.25, -0.2) is 0 Å². The van der Waals surface area contributed by atoms with Gasteiger partial charge in [0.2, 0.25) is 0 Å². The van der Waals surface area contributed by atoms with E-state index in [9.17, 15) is 0 Å². The van der Waals surface area contributed by atoms with Crippen LogP contribution in [0.4, 0.5) is 0 Å². The molecule has 0 fully saturated rings. The average Bonchev–Trinajstić information content (AvgIpc) is 2.42. The highest BCUT2D eigenvalue weighted by Gasteiger charge is 2.12. The lowest BCUT2D eigenvalue weighted by Gasteiger charge is -2.13. The van der Waals surface area contributed by atoms with Gasteiger partial charge in [-0.2, -0.15) is 0 Å². The van der Waals surface area contributed by atoms with Crippen LogP contribution in [0.1, 0.15) is 34.7 Å². The molecule has 0 spiro atoms. The molecule has 78 valence electrons. The molecule has 2 heteroatoms. The smallest absolute Gasteiger partial charge is 0.0449 e. The molecule has 0 radical (unpaired) electrons. The van der Waals surface area contributed by atoms with Gasteiger partial charge in [0.05, 0.1) is 0 Å². The maximum absolute atomic E-state index is 3.96. The fourth-order valence-electron chi connectivity index (χ4n) is 1.47. The third kappa shape index (κ3) is 2.69. The van der Waals surface area contributed by atoms with E-state index in [-0.39, 0.29) is 0 Å². The maximum atomic E-state index is 3.96. The molecule has 0 aliphatic carbocycles. The van der Waals surface area contributed by atoms with Crippen LogP contribution in [0.5, 0.6) is 0 Å². The molecule has 1 atom stereocenters. The molecule has 0 aromatic carbocycles. The summed E-state index contributed by atoms with van der Waals surface area (Å²) in [6.07, 6.45) is 1.02. The zero-order valence-corrected chi connectivity index (χ0v) is 10.3. The van der Waals surface area contributed by atoms with Crippen LogP contribution >= 0.6 is 11.3 Å². The van der Waals surface area contributed by atoms with Crippen molar-refractivity contribution in [2.75, 3.05) is 7.05 Å². The van der Waals surface area contributed by atoms with Gasteiger partial charge in [0.1, 0.15) is 0 Å². The average molecular weight is 209 g/mol. The Balaban J connectivity index is 2.83. The summed E-state index contributed by atoms with van der Waals surface area (Å²) in [5, 5.41) is 3.34. The maximum Gasteiger partial charge on any atom is 0.0449 e. The van der Waals surface area contributed by atoms with Crippen LogP contribution in [-0.2, 0) is 0 Å². The molecule has 0 aliphatic heterocycles. The van der Waals surface area contributed by atoms with E-state index in [1.54, 1.807) is 0 Å². The highest BCUT2D eigenvalue weighted by atomic mass is 32.1. The van der Waals surface area contributed by atoms with Gasteiger partial charge in [0.25, 0.3) is 0 Å². The first-order chi connectivity index (χ1) is 6.54. The Morgan fingerprint density at radius 2 is 2.21 bits per heavy atom. The molecule has 1 unspecified atom stereocenters. The quantitative estimate of drug-likeness (QED) is 0.747. The van der Waals surface area contributed by atoms with Crippen LogP contribution in [0.25, 0.3) is 0 Å². The summed E-state index contributed by atoms with van der Waals surface area (Å²) in [6.45, 7) is 10.4. The Hall–Kier alpha value is -0.600. The first-order valence-electron chi connectivity index (χ1n) is 4.93. The van der Waals surface area contributed by atoms with Gasteiger partial charge in [-0.1, -0.05) is 5.57 Å². The first-order valence-corrected chi connectivity index (χ1v) is 5.74. The lowest BCUT2D eigenvalue weighted by atomic mass is 10.1. The van der Waals surface area contributed by atoms with E-state index in [1.165, 1.54) is 20.9 Å². The third-order valence-corrected chi connectivity index (χ3v) is 3.70. The van der Waals surface area contributed by atoms with Crippen molar-refractivity contribution < 1.29 is 0 Å². The van der Waals surface area contributed by atoms with Crippen LogP contribution in [0.3, 0.4) is 0 Å². The Morgan fingerprint density at radius 3 is 2.57 bits per heavy atom. The normalized spacial score (nSPS) is 12.9. The van der Waals surface area contributed by atoms with Crippen LogP contribution in [0, 0.1) is 13.8 Å². The lowest BCUT2D eigenvalue weighted by Crippen LogP contribution is -2.15. The molecule has 1 nitrogen and oxygen atoms in total. The van der Waals surface area contributed by atoms with Gasteiger partial charge in [0, 0.05) is 15.8 Å². The lowest BCUT2D eigenvalue weighted by molar-refractivity contribution is 0.599. The van der Waals surface area contributed by atoms with Gasteiger partial charge in [-0.15, -0.1) is 17.9 Å². The predicted octanol–water partition coefficient (Wildman–Crippen LogP) is 3.59. The van der Waals surface area contributed by atoms with Crippen LogP contribution in [-0.4, -0.2) is 7.05 Å². The third-order valence-electron chi connectivity index (χ3n) is 2.43. The zero-order chi connectivity index (χ0) is 10.7. The second-order valence-corrected chi connectivity index (χ2v) is 5.18. The summed E-state index contributed by atoms with van der Waals surface area (Å²) in [7, 11) is 2.01.